The lowest BCUT2D eigenvalue weighted by molar-refractivity contribution is -0.157. The fourth-order valence-corrected chi connectivity index (χ4v) is 1.37. The second kappa shape index (κ2) is 5.53. The summed E-state index contributed by atoms with van der Waals surface area (Å²) in [4.78, 5) is 24.0. The van der Waals surface area contributed by atoms with E-state index in [1.807, 2.05) is 6.92 Å². The summed E-state index contributed by atoms with van der Waals surface area (Å²) >= 11 is 0. The number of amides is 1. The fraction of sp³-hybridized carbons (Fsp3) is 0.636. The molecule has 1 aliphatic heterocycles. The molecule has 1 heterocycles. The Balaban J connectivity index is 2.17. The van der Waals surface area contributed by atoms with Crippen LogP contribution in [0.15, 0.2) is 12.7 Å². The predicted molar refractivity (Wildman–Crippen MR) is 56.1 cm³/mol. The van der Waals surface area contributed by atoms with E-state index in [2.05, 4.69) is 6.58 Å². The summed E-state index contributed by atoms with van der Waals surface area (Å²) < 4.78 is 5.05. The lowest BCUT2D eigenvalue weighted by atomic mass is 10.0. The number of unbranched alkanes of at least 4 members (excludes halogenated alkanes) is 1. The quantitative estimate of drug-likeness (QED) is 0.387. The van der Waals surface area contributed by atoms with Gasteiger partial charge in [-0.25, -0.2) is 0 Å². The van der Waals surface area contributed by atoms with Crippen molar-refractivity contribution in [3.63, 3.8) is 0 Å². The van der Waals surface area contributed by atoms with Gasteiger partial charge in [0.1, 0.15) is 0 Å². The van der Waals surface area contributed by atoms with Crippen LogP contribution >= 0.6 is 0 Å². The molecule has 0 unspecified atom stereocenters. The molecule has 84 valence electrons. The van der Waals surface area contributed by atoms with Crippen molar-refractivity contribution in [1.82, 2.24) is 4.90 Å². The van der Waals surface area contributed by atoms with Crippen molar-refractivity contribution in [2.24, 2.45) is 5.92 Å². The van der Waals surface area contributed by atoms with Gasteiger partial charge in [0, 0.05) is 13.1 Å². The van der Waals surface area contributed by atoms with Crippen molar-refractivity contribution in [2.75, 3.05) is 19.7 Å². The van der Waals surface area contributed by atoms with Gasteiger partial charge in [0.25, 0.3) is 0 Å². The number of likely N-dealkylation sites (tertiary alicyclic amines) is 1. The van der Waals surface area contributed by atoms with Crippen molar-refractivity contribution >= 4 is 11.9 Å². The highest BCUT2D eigenvalue weighted by molar-refractivity contribution is 5.89. The molecule has 1 fully saturated rings. The van der Waals surface area contributed by atoms with E-state index in [1.54, 1.807) is 4.90 Å². The molecule has 0 aromatic heterocycles. The normalized spacial score (nSPS) is 15.7. The number of carbonyl (C=O) groups is 2. The second-order valence-electron chi connectivity index (χ2n) is 3.67. The van der Waals surface area contributed by atoms with E-state index in [0.29, 0.717) is 19.7 Å². The van der Waals surface area contributed by atoms with E-state index in [4.69, 9.17) is 4.74 Å². The summed E-state index contributed by atoms with van der Waals surface area (Å²) in [5, 5.41) is 0. The average molecular weight is 211 g/mol. The van der Waals surface area contributed by atoms with Crippen LogP contribution in [0.1, 0.15) is 19.8 Å². The predicted octanol–water partition coefficient (Wildman–Crippen LogP) is 0.974. The third kappa shape index (κ3) is 3.08. The van der Waals surface area contributed by atoms with Crippen LogP contribution < -0.4 is 0 Å². The van der Waals surface area contributed by atoms with Crippen LogP contribution in [0.25, 0.3) is 0 Å². The SMILES string of the molecule is C=CC(=O)N1CC(C(=O)OCCCC)C1. The number of hydrogen-bond acceptors (Lipinski definition) is 3. The molecule has 4 heteroatoms. The summed E-state index contributed by atoms with van der Waals surface area (Å²) in [6, 6.07) is 0. The number of hydrogen-bond donors (Lipinski definition) is 0. The van der Waals surface area contributed by atoms with Crippen molar-refractivity contribution in [3.8, 4) is 0 Å². The van der Waals surface area contributed by atoms with E-state index in [1.165, 1.54) is 6.08 Å². The van der Waals surface area contributed by atoms with Crippen LogP contribution in [0, 0.1) is 5.92 Å². The van der Waals surface area contributed by atoms with Gasteiger partial charge in [-0.15, -0.1) is 0 Å². The Morgan fingerprint density at radius 1 is 1.53 bits per heavy atom. The van der Waals surface area contributed by atoms with Gasteiger partial charge in [0.15, 0.2) is 0 Å². The van der Waals surface area contributed by atoms with E-state index in [9.17, 15) is 9.59 Å². The molecule has 0 aromatic rings. The van der Waals surface area contributed by atoms with Crippen LogP contribution in [-0.4, -0.2) is 36.5 Å². The Morgan fingerprint density at radius 3 is 2.73 bits per heavy atom. The van der Waals surface area contributed by atoms with Gasteiger partial charge < -0.3 is 9.64 Å². The molecule has 0 N–H and O–H groups in total. The molecule has 0 spiro atoms. The lowest BCUT2D eigenvalue weighted by Crippen LogP contribution is -2.53. The number of ether oxygens (including phenoxy) is 1. The molecule has 0 aromatic carbocycles. The molecule has 1 saturated heterocycles. The fourth-order valence-electron chi connectivity index (χ4n) is 1.37. The van der Waals surface area contributed by atoms with Gasteiger partial charge in [-0.1, -0.05) is 19.9 Å². The van der Waals surface area contributed by atoms with E-state index >= 15 is 0 Å². The molecule has 0 aliphatic carbocycles. The maximum atomic E-state index is 11.4. The standard InChI is InChI=1S/C11H17NO3/c1-3-5-6-15-11(14)9-7-12(8-9)10(13)4-2/h4,9H,2-3,5-8H2,1H3. The first-order chi connectivity index (χ1) is 7.19. The minimum atomic E-state index is -0.184. The largest absolute Gasteiger partial charge is 0.465 e. The second-order valence-corrected chi connectivity index (χ2v) is 3.67. The van der Waals surface area contributed by atoms with E-state index in [-0.39, 0.29) is 17.8 Å². The third-order valence-electron chi connectivity index (χ3n) is 2.44. The zero-order chi connectivity index (χ0) is 11.3. The highest BCUT2D eigenvalue weighted by Gasteiger charge is 2.35. The molecular weight excluding hydrogens is 194 g/mol. The first kappa shape index (κ1) is 11.8. The molecule has 0 bridgehead atoms. The van der Waals surface area contributed by atoms with Gasteiger partial charge in [-0.3, -0.25) is 9.59 Å². The Morgan fingerprint density at radius 2 is 2.20 bits per heavy atom. The molecule has 15 heavy (non-hydrogen) atoms. The maximum Gasteiger partial charge on any atom is 0.312 e. The van der Waals surface area contributed by atoms with Crippen molar-refractivity contribution < 1.29 is 14.3 Å². The number of carbonyl (C=O) groups excluding carboxylic acids is 2. The summed E-state index contributed by atoms with van der Waals surface area (Å²) in [7, 11) is 0. The van der Waals surface area contributed by atoms with Crippen molar-refractivity contribution in [3.05, 3.63) is 12.7 Å². The van der Waals surface area contributed by atoms with Gasteiger partial charge in [-0.05, 0) is 12.5 Å². The third-order valence-corrected chi connectivity index (χ3v) is 2.44. The Bertz CT molecular complexity index is 257. The van der Waals surface area contributed by atoms with Crippen molar-refractivity contribution in [2.45, 2.75) is 19.8 Å². The monoisotopic (exact) mass is 211 g/mol. The zero-order valence-electron chi connectivity index (χ0n) is 9.07. The van der Waals surface area contributed by atoms with Gasteiger partial charge in [0.2, 0.25) is 5.91 Å². The summed E-state index contributed by atoms with van der Waals surface area (Å²) in [6.45, 7) is 6.85. The van der Waals surface area contributed by atoms with Gasteiger partial charge >= 0.3 is 5.97 Å². The number of esters is 1. The minimum Gasteiger partial charge on any atom is -0.465 e. The zero-order valence-corrected chi connectivity index (χ0v) is 9.07. The van der Waals surface area contributed by atoms with Gasteiger partial charge in [0.05, 0.1) is 12.5 Å². The Kier molecular flexibility index (Phi) is 4.34. The highest BCUT2D eigenvalue weighted by atomic mass is 16.5. The van der Waals surface area contributed by atoms with E-state index in [0.717, 1.165) is 12.8 Å². The Hall–Kier alpha value is -1.32. The molecule has 0 radical (unpaired) electrons. The molecule has 1 rings (SSSR count). The van der Waals surface area contributed by atoms with Crippen LogP contribution in [-0.2, 0) is 14.3 Å². The summed E-state index contributed by atoms with van der Waals surface area (Å²) in [5.41, 5.74) is 0. The lowest BCUT2D eigenvalue weighted by Gasteiger charge is -2.36. The first-order valence-electron chi connectivity index (χ1n) is 5.27. The van der Waals surface area contributed by atoms with E-state index < -0.39 is 0 Å². The van der Waals surface area contributed by atoms with Crippen LogP contribution in [0.5, 0.6) is 0 Å². The van der Waals surface area contributed by atoms with Crippen LogP contribution in [0.3, 0.4) is 0 Å². The topological polar surface area (TPSA) is 46.6 Å². The summed E-state index contributed by atoms with van der Waals surface area (Å²) in [5.74, 6) is -0.435. The molecule has 1 amide bonds. The number of rotatable bonds is 5. The van der Waals surface area contributed by atoms with Crippen LogP contribution in [0.2, 0.25) is 0 Å². The molecule has 0 saturated carbocycles. The molecular formula is C11H17NO3. The Labute approximate surface area is 89.9 Å². The van der Waals surface area contributed by atoms with Crippen LogP contribution in [0.4, 0.5) is 0 Å². The maximum absolute atomic E-state index is 11.4. The summed E-state index contributed by atoms with van der Waals surface area (Å²) in [6.07, 6.45) is 3.17. The molecule has 1 aliphatic rings. The van der Waals surface area contributed by atoms with Crippen molar-refractivity contribution in [1.29, 1.82) is 0 Å². The average Bonchev–Trinajstić information content (AvgIpc) is 2.15. The smallest absolute Gasteiger partial charge is 0.312 e. The minimum absolute atomic E-state index is 0.118. The molecule has 0 atom stereocenters. The molecule has 4 nitrogen and oxygen atoms in total. The highest BCUT2D eigenvalue weighted by Crippen LogP contribution is 2.17. The first-order valence-corrected chi connectivity index (χ1v) is 5.27. The number of nitrogens with zero attached hydrogens (tertiary/aromatic N) is 1. The van der Waals surface area contributed by atoms with Gasteiger partial charge in [-0.2, -0.15) is 0 Å².